The summed E-state index contributed by atoms with van der Waals surface area (Å²) in [4.78, 5) is 98.7. The summed E-state index contributed by atoms with van der Waals surface area (Å²) in [6.45, 7) is 3.49. The van der Waals surface area contributed by atoms with Gasteiger partial charge >= 0.3 is 29.4 Å². The van der Waals surface area contributed by atoms with Gasteiger partial charge in [0.05, 0.1) is 19.5 Å². The first-order valence-corrected chi connectivity index (χ1v) is 21.8. The molecule has 2 aromatic heterocycles. The predicted molar refractivity (Wildman–Crippen MR) is 193 cm³/mol. The van der Waals surface area contributed by atoms with Gasteiger partial charge < -0.3 is 56.0 Å². The van der Waals surface area contributed by atoms with Gasteiger partial charge in [0.1, 0.15) is 42.2 Å². The molecular weight excluding hydrogens is 851 g/mol. The highest BCUT2D eigenvalue weighted by molar-refractivity contribution is 8.13. The van der Waals surface area contributed by atoms with E-state index >= 15 is 0 Å². The molecule has 26 nitrogen and oxygen atoms in total. The molecule has 4 unspecified atom stereocenters. The number of fused-ring (bicyclic) bond motifs is 1. The lowest BCUT2D eigenvalue weighted by Crippen LogP contribution is -2.46. The number of ether oxygens (including phenoxy) is 1. The van der Waals surface area contributed by atoms with E-state index in [2.05, 4.69) is 41.0 Å². The van der Waals surface area contributed by atoms with E-state index < -0.39 is 102 Å². The van der Waals surface area contributed by atoms with Gasteiger partial charge in [-0.3, -0.25) is 37.3 Å². The molecule has 30 heteroatoms. The minimum absolute atomic E-state index is 0.00551. The van der Waals surface area contributed by atoms with Crippen LogP contribution >= 0.6 is 35.2 Å². The number of phosphoric ester groups is 3. The second kappa shape index (κ2) is 20.2. The molecule has 3 heterocycles. The number of nitrogens with zero attached hydrogens (tertiary/aromatic N) is 4. The molecule has 1 aliphatic heterocycles. The van der Waals surface area contributed by atoms with E-state index in [1.54, 1.807) is 0 Å². The van der Waals surface area contributed by atoms with Crippen molar-refractivity contribution in [3.63, 3.8) is 0 Å². The van der Waals surface area contributed by atoms with E-state index in [4.69, 9.17) is 24.6 Å². The zero-order valence-electron chi connectivity index (χ0n) is 30.0. The maximum atomic E-state index is 12.7. The van der Waals surface area contributed by atoms with Gasteiger partial charge in [-0.15, -0.1) is 6.58 Å². The number of aliphatic hydroxyl groups excluding tert-OH is 2. The number of aliphatic hydroxyl groups is 2. The number of aromatic nitrogens is 4. The number of rotatable bonds is 23. The SMILES string of the molecule is C=CCC(C(=O)O)C(=O)SCCNC(=O)CCNC(=O)C(O)C(C)(C)COP(=O)(O)OP(=O)(O)OC[C@H]1O[C@@H](n2cnc3c(N)ncnc32)[C@H](O)[C@@H]1OP(=O)(O)O. The van der Waals surface area contributed by atoms with E-state index in [1.165, 1.54) is 19.9 Å². The van der Waals surface area contributed by atoms with Crippen molar-refractivity contribution < 1.29 is 90.4 Å². The van der Waals surface area contributed by atoms with Crippen molar-refractivity contribution in [1.82, 2.24) is 30.2 Å². The first kappa shape index (κ1) is 48.1. The predicted octanol–water partition coefficient (Wildman–Crippen LogP) is -1.06. The lowest BCUT2D eigenvalue weighted by Gasteiger charge is -2.30. The average molecular weight is 894 g/mol. The number of carbonyl (C=O) groups excluding carboxylic acids is 3. The summed E-state index contributed by atoms with van der Waals surface area (Å²) in [5, 5.41) is 34.7. The number of hydrogen-bond donors (Lipinski definition) is 10. The Morgan fingerprint density at radius 1 is 1.09 bits per heavy atom. The quantitative estimate of drug-likeness (QED) is 0.0275. The molecule has 0 aromatic carbocycles. The Morgan fingerprint density at radius 2 is 1.75 bits per heavy atom. The molecule has 1 fully saturated rings. The monoisotopic (exact) mass is 893 g/mol. The van der Waals surface area contributed by atoms with Crippen LogP contribution in [0.25, 0.3) is 11.2 Å². The fourth-order valence-corrected chi connectivity index (χ4v) is 8.48. The molecule has 8 atom stereocenters. The molecule has 57 heavy (non-hydrogen) atoms. The number of thioether (sulfide) groups is 1. The molecule has 0 radical (unpaired) electrons. The molecule has 2 aromatic rings. The Kier molecular flexibility index (Phi) is 17.0. The van der Waals surface area contributed by atoms with Gasteiger partial charge in [0, 0.05) is 30.7 Å². The van der Waals surface area contributed by atoms with E-state index in [0.717, 1.165) is 29.0 Å². The Labute approximate surface area is 327 Å². The number of nitrogen functional groups attached to an aromatic ring is 1. The minimum atomic E-state index is -5.60. The highest BCUT2D eigenvalue weighted by Gasteiger charge is 2.50. The van der Waals surface area contributed by atoms with Crippen LogP contribution in [0.4, 0.5) is 5.82 Å². The number of nitrogens with one attached hydrogen (secondary N) is 2. The summed E-state index contributed by atoms with van der Waals surface area (Å²) in [5.74, 6) is -4.13. The summed E-state index contributed by atoms with van der Waals surface area (Å²) >= 11 is 0.718. The van der Waals surface area contributed by atoms with Gasteiger partial charge in [0.2, 0.25) is 16.9 Å². The Hall–Kier alpha value is -3.23. The minimum Gasteiger partial charge on any atom is -0.481 e. The second-order valence-corrected chi connectivity index (χ2v) is 18.0. The second-order valence-electron chi connectivity index (χ2n) is 12.7. The highest BCUT2D eigenvalue weighted by Crippen LogP contribution is 2.61. The number of imidazole rings is 1. The molecule has 0 saturated carbocycles. The number of carboxylic acid groups (broad SMARTS) is 1. The lowest BCUT2D eigenvalue weighted by molar-refractivity contribution is -0.144. The van der Waals surface area contributed by atoms with E-state index in [0.29, 0.717) is 0 Å². The fourth-order valence-electron chi connectivity index (χ4n) is 4.85. The number of carboxylic acids is 1. The summed E-state index contributed by atoms with van der Waals surface area (Å²) < 4.78 is 62.0. The molecule has 11 N–H and O–H groups in total. The molecule has 3 rings (SSSR count). The van der Waals surface area contributed by atoms with Crippen LogP contribution in [0.1, 0.15) is 32.9 Å². The van der Waals surface area contributed by atoms with Crippen LogP contribution < -0.4 is 16.4 Å². The van der Waals surface area contributed by atoms with Gasteiger partial charge in [0.25, 0.3) is 0 Å². The summed E-state index contributed by atoms with van der Waals surface area (Å²) in [6, 6.07) is 0. The maximum absolute atomic E-state index is 12.7. The number of anilines is 1. The summed E-state index contributed by atoms with van der Waals surface area (Å²) in [5.41, 5.74) is 4.18. The van der Waals surface area contributed by atoms with Crippen LogP contribution in [0, 0.1) is 11.3 Å². The van der Waals surface area contributed by atoms with Crippen molar-refractivity contribution in [3.05, 3.63) is 25.3 Å². The van der Waals surface area contributed by atoms with Gasteiger partial charge in [-0.2, -0.15) is 4.31 Å². The van der Waals surface area contributed by atoms with Gasteiger partial charge in [-0.25, -0.2) is 28.6 Å². The van der Waals surface area contributed by atoms with E-state index in [1.807, 2.05) is 0 Å². The van der Waals surface area contributed by atoms with Crippen molar-refractivity contribution in [2.75, 3.05) is 37.8 Å². The summed E-state index contributed by atoms with van der Waals surface area (Å²) in [6.07, 6.45) is -5.90. The molecular formula is C27H42N7O19P3S. The Balaban J connectivity index is 1.49. The molecule has 1 aliphatic rings. The first-order chi connectivity index (χ1) is 26.4. The van der Waals surface area contributed by atoms with Crippen molar-refractivity contribution in [2.24, 2.45) is 11.3 Å². The zero-order chi connectivity index (χ0) is 42.9. The maximum Gasteiger partial charge on any atom is 0.481 e. The zero-order valence-corrected chi connectivity index (χ0v) is 33.5. The topological polar surface area (TPSA) is 401 Å². The van der Waals surface area contributed by atoms with Gasteiger partial charge in [-0.05, 0) is 6.42 Å². The molecule has 0 bridgehead atoms. The third-order valence-electron chi connectivity index (χ3n) is 7.73. The van der Waals surface area contributed by atoms with Gasteiger partial charge in [0.15, 0.2) is 17.7 Å². The third-order valence-corrected chi connectivity index (χ3v) is 11.8. The Morgan fingerprint density at radius 3 is 2.39 bits per heavy atom. The van der Waals surface area contributed by atoms with Crippen molar-refractivity contribution in [2.45, 2.75) is 57.3 Å². The average Bonchev–Trinajstić information content (AvgIpc) is 3.66. The number of phosphoric acid groups is 3. The van der Waals surface area contributed by atoms with E-state index in [-0.39, 0.29) is 48.7 Å². The highest BCUT2D eigenvalue weighted by atomic mass is 32.2. The number of carbonyl (C=O) groups is 4. The molecule has 320 valence electrons. The number of aliphatic carboxylic acids is 1. The van der Waals surface area contributed by atoms with Crippen molar-refractivity contribution in [1.29, 1.82) is 0 Å². The normalized spacial score (nSPS) is 21.9. The van der Waals surface area contributed by atoms with Crippen LogP contribution in [0.5, 0.6) is 0 Å². The first-order valence-electron chi connectivity index (χ1n) is 16.3. The summed E-state index contributed by atoms with van der Waals surface area (Å²) in [7, 11) is -16.5. The van der Waals surface area contributed by atoms with Crippen molar-refractivity contribution >= 4 is 75.1 Å². The number of allylic oxidation sites excluding steroid dienone is 1. The Bertz CT molecular complexity index is 1930. The van der Waals surface area contributed by atoms with Crippen molar-refractivity contribution in [3.8, 4) is 0 Å². The standard InChI is InChI=1S/C27H42N7O19P3S/c1-4-5-14(25(39)40)26(41)57-9-8-29-16(35)6-7-30-23(38)20(37)27(2,3)11-50-56(47,48)53-55(45,46)49-10-15-19(52-54(42,43)44)18(36)24(51-15)34-13-33-17-21(28)31-12-32-22(17)34/h4,12-15,18-20,24,36-37H,1,5-11H2,2-3H3,(H,29,35)(H,30,38)(H,39,40)(H,45,46)(H,47,48)(H2,28,31,32)(H2,42,43,44)/t14?,15-,18-,19-,20?,24-/m1/s1. The molecule has 0 spiro atoms. The fraction of sp³-hybridized carbons (Fsp3) is 0.593. The molecule has 1 saturated heterocycles. The lowest BCUT2D eigenvalue weighted by atomic mass is 9.87. The largest absolute Gasteiger partial charge is 0.481 e. The van der Waals surface area contributed by atoms with Crippen LogP contribution in [0.2, 0.25) is 0 Å². The number of amides is 2. The smallest absolute Gasteiger partial charge is 0.481 e. The van der Waals surface area contributed by atoms with Crippen LogP contribution in [-0.2, 0) is 55.5 Å². The van der Waals surface area contributed by atoms with E-state index in [9.17, 15) is 62.7 Å². The van der Waals surface area contributed by atoms with Gasteiger partial charge in [-0.1, -0.05) is 31.7 Å². The van der Waals surface area contributed by atoms with Crippen LogP contribution in [0.15, 0.2) is 25.3 Å². The molecule has 0 aliphatic carbocycles. The van der Waals surface area contributed by atoms with Crippen LogP contribution in [0.3, 0.4) is 0 Å². The number of hydrogen-bond acceptors (Lipinski definition) is 19. The van der Waals surface area contributed by atoms with Crippen LogP contribution in [-0.4, -0.2) is 134 Å². The number of nitrogens with two attached hydrogens (primary N) is 1. The third kappa shape index (κ3) is 14.2. The molecule has 2 amide bonds.